The molecule has 3 rings (SSSR count). The monoisotopic (exact) mass is 329 g/mol. The molecule has 1 N–H and O–H groups in total. The summed E-state index contributed by atoms with van der Waals surface area (Å²) in [7, 11) is 0. The number of amides is 1. The molecular formula is C18H16ClNO3. The van der Waals surface area contributed by atoms with E-state index in [1.165, 1.54) is 0 Å². The fraction of sp³-hybridized carbons (Fsp3) is 0.167. The first kappa shape index (κ1) is 15.4. The molecule has 1 atom stereocenters. The number of rotatable bonds is 5. The second kappa shape index (κ2) is 6.75. The van der Waals surface area contributed by atoms with Crippen molar-refractivity contribution >= 4 is 28.5 Å². The van der Waals surface area contributed by atoms with Gasteiger partial charge in [-0.25, -0.2) is 0 Å². The Labute approximate surface area is 139 Å². The number of para-hydroxylation sites is 1. The standard InChI is InChI=1S/C18H16ClNO3/c1-12(17-10-13-4-2-3-5-16(13)23-17)20-18(21)11-22-15-8-6-14(19)7-9-15/h2-10,12H,11H2,1H3,(H,20,21)/t12-/m1/s1. The molecule has 0 saturated carbocycles. The Balaban J connectivity index is 1.57. The normalized spacial score (nSPS) is 12.1. The molecule has 1 aromatic heterocycles. The lowest BCUT2D eigenvalue weighted by atomic mass is 10.2. The maximum atomic E-state index is 12.0. The van der Waals surface area contributed by atoms with Gasteiger partial charge >= 0.3 is 0 Å². The summed E-state index contributed by atoms with van der Waals surface area (Å²) in [5.41, 5.74) is 0.806. The second-order valence-electron chi connectivity index (χ2n) is 5.22. The molecule has 118 valence electrons. The first-order chi connectivity index (χ1) is 11.1. The van der Waals surface area contributed by atoms with E-state index >= 15 is 0 Å². The summed E-state index contributed by atoms with van der Waals surface area (Å²) in [5, 5.41) is 4.50. The molecule has 23 heavy (non-hydrogen) atoms. The van der Waals surface area contributed by atoms with Gasteiger partial charge in [0.1, 0.15) is 17.1 Å². The lowest BCUT2D eigenvalue weighted by molar-refractivity contribution is -0.123. The highest BCUT2D eigenvalue weighted by Gasteiger charge is 2.14. The Morgan fingerprint density at radius 3 is 2.70 bits per heavy atom. The van der Waals surface area contributed by atoms with Gasteiger partial charge in [0.05, 0.1) is 6.04 Å². The smallest absolute Gasteiger partial charge is 0.258 e. The maximum absolute atomic E-state index is 12.0. The molecule has 0 unspecified atom stereocenters. The predicted octanol–water partition coefficient (Wildman–Crippen LogP) is 4.34. The van der Waals surface area contributed by atoms with Gasteiger partial charge in [-0.2, -0.15) is 0 Å². The Morgan fingerprint density at radius 2 is 1.96 bits per heavy atom. The minimum Gasteiger partial charge on any atom is -0.484 e. The lowest BCUT2D eigenvalue weighted by Crippen LogP contribution is -2.31. The topological polar surface area (TPSA) is 51.5 Å². The van der Waals surface area contributed by atoms with Gasteiger partial charge < -0.3 is 14.5 Å². The van der Waals surface area contributed by atoms with Crippen LogP contribution in [0.25, 0.3) is 11.0 Å². The second-order valence-corrected chi connectivity index (χ2v) is 5.65. The third kappa shape index (κ3) is 3.85. The highest BCUT2D eigenvalue weighted by atomic mass is 35.5. The molecule has 0 bridgehead atoms. The SMILES string of the molecule is C[C@@H](NC(=O)COc1ccc(Cl)cc1)c1cc2ccccc2o1. The molecule has 5 heteroatoms. The number of ether oxygens (including phenoxy) is 1. The number of carbonyl (C=O) groups excluding carboxylic acids is 1. The Bertz CT molecular complexity index is 778. The van der Waals surface area contributed by atoms with Gasteiger partial charge in [-0.05, 0) is 43.3 Å². The third-order valence-corrected chi connectivity index (χ3v) is 3.68. The van der Waals surface area contributed by atoms with E-state index in [-0.39, 0.29) is 18.6 Å². The summed E-state index contributed by atoms with van der Waals surface area (Å²) in [4.78, 5) is 12.0. The molecular weight excluding hydrogens is 314 g/mol. The first-order valence-electron chi connectivity index (χ1n) is 7.28. The zero-order valence-corrected chi connectivity index (χ0v) is 13.3. The number of hydrogen-bond donors (Lipinski definition) is 1. The van der Waals surface area contributed by atoms with Crippen LogP contribution in [-0.4, -0.2) is 12.5 Å². The number of hydrogen-bond acceptors (Lipinski definition) is 3. The van der Waals surface area contributed by atoms with E-state index < -0.39 is 0 Å². The van der Waals surface area contributed by atoms with Crippen LogP contribution in [-0.2, 0) is 4.79 Å². The van der Waals surface area contributed by atoms with Gasteiger partial charge in [0.25, 0.3) is 5.91 Å². The van der Waals surface area contributed by atoms with Crippen LogP contribution in [0.1, 0.15) is 18.7 Å². The molecule has 0 aliphatic rings. The molecule has 1 heterocycles. The van der Waals surface area contributed by atoms with Crippen LogP contribution in [0.3, 0.4) is 0 Å². The van der Waals surface area contributed by atoms with E-state index in [1.807, 2.05) is 37.3 Å². The van der Waals surface area contributed by atoms with Crippen LogP contribution in [0, 0.1) is 0 Å². The zero-order valence-electron chi connectivity index (χ0n) is 12.6. The van der Waals surface area contributed by atoms with Crippen molar-refractivity contribution in [3.05, 3.63) is 65.4 Å². The molecule has 0 saturated heterocycles. The first-order valence-corrected chi connectivity index (χ1v) is 7.66. The number of halogens is 1. The van der Waals surface area contributed by atoms with Crippen LogP contribution in [0.15, 0.2) is 59.0 Å². The van der Waals surface area contributed by atoms with Gasteiger partial charge in [0, 0.05) is 10.4 Å². The van der Waals surface area contributed by atoms with Crippen LogP contribution in [0.4, 0.5) is 0 Å². The Morgan fingerprint density at radius 1 is 1.22 bits per heavy atom. The van der Waals surface area contributed by atoms with Crippen molar-refractivity contribution in [2.45, 2.75) is 13.0 Å². The Kier molecular flexibility index (Phi) is 4.53. The summed E-state index contributed by atoms with van der Waals surface area (Å²) < 4.78 is 11.2. The van der Waals surface area contributed by atoms with E-state index in [9.17, 15) is 4.79 Å². The van der Waals surface area contributed by atoms with Gasteiger partial charge in [-0.15, -0.1) is 0 Å². The summed E-state index contributed by atoms with van der Waals surface area (Å²) in [6, 6.07) is 16.3. The highest BCUT2D eigenvalue weighted by Crippen LogP contribution is 2.23. The Hall–Kier alpha value is -2.46. The molecule has 3 aromatic rings. The summed E-state index contributed by atoms with van der Waals surface area (Å²) >= 11 is 5.80. The minimum absolute atomic E-state index is 0.0633. The average molecular weight is 330 g/mol. The van der Waals surface area contributed by atoms with Crippen molar-refractivity contribution in [2.24, 2.45) is 0 Å². The van der Waals surface area contributed by atoms with Crippen molar-refractivity contribution in [1.29, 1.82) is 0 Å². The van der Waals surface area contributed by atoms with Crippen LogP contribution < -0.4 is 10.1 Å². The van der Waals surface area contributed by atoms with Crippen molar-refractivity contribution in [3.63, 3.8) is 0 Å². The number of carbonyl (C=O) groups is 1. The van der Waals surface area contributed by atoms with Gasteiger partial charge in [-0.1, -0.05) is 29.8 Å². The molecule has 0 aliphatic carbocycles. The fourth-order valence-corrected chi connectivity index (χ4v) is 2.38. The van der Waals surface area contributed by atoms with Crippen molar-refractivity contribution < 1.29 is 13.9 Å². The molecule has 1 amide bonds. The molecule has 0 radical (unpaired) electrons. The predicted molar refractivity (Wildman–Crippen MR) is 89.7 cm³/mol. The summed E-state index contributed by atoms with van der Waals surface area (Å²) in [6.07, 6.45) is 0. The van der Waals surface area contributed by atoms with Crippen LogP contribution in [0.5, 0.6) is 5.75 Å². The third-order valence-electron chi connectivity index (χ3n) is 3.43. The zero-order chi connectivity index (χ0) is 16.2. The van der Waals surface area contributed by atoms with E-state index in [4.69, 9.17) is 20.8 Å². The number of furan rings is 1. The summed E-state index contributed by atoms with van der Waals surface area (Å²) in [6.45, 7) is 1.81. The molecule has 0 aliphatic heterocycles. The van der Waals surface area contributed by atoms with Crippen molar-refractivity contribution in [2.75, 3.05) is 6.61 Å². The fourth-order valence-electron chi connectivity index (χ4n) is 2.25. The largest absolute Gasteiger partial charge is 0.484 e. The van der Waals surface area contributed by atoms with E-state index in [2.05, 4.69) is 5.32 Å². The molecule has 2 aromatic carbocycles. The molecule has 0 spiro atoms. The van der Waals surface area contributed by atoms with Gasteiger partial charge in [-0.3, -0.25) is 4.79 Å². The van der Waals surface area contributed by atoms with Gasteiger partial charge in [0.2, 0.25) is 0 Å². The summed E-state index contributed by atoms with van der Waals surface area (Å²) in [5.74, 6) is 1.10. The van der Waals surface area contributed by atoms with Crippen LogP contribution >= 0.6 is 11.6 Å². The quantitative estimate of drug-likeness (QED) is 0.757. The number of nitrogens with one attached hydrogen (secondary N) is 1. The maximum Gasteiger partial charge on any atom is 0.258 e. The van der Waals surface area contributed by atoms with E-state index in [1.54, 1.807) is 24.3 Å². The highest BCUT2D eigenvalue weighted by molar-refractivity contribution is 6.30. The average Bonchev–Trinajstić information content (AvgIpc) is 2.98. The number of benzene rings is 2. The number of fused-ring (bicyclic) bond motifs is 1. The van der Waals surface area contributed by atoms with Gasteiger partial charge in [0.15, 0.2) is 6.61 Å². The van der Waals surface area contributed by atoms with Crippen molar-refractivity contribution in [1.82, 2.24) is 5.32 Å². The van der Waals surface area contributed by atoms with E-state index in [0.29, 0.717) is 16.5 Å². The minimum atomic E-state index is -0.233. The molecule has 0 fully saturated rings. The lowest BCUT2D eigenvalue weighted by Gasteiger charge is -2.12. The van der Waals surface area contributed by atoms with E-state index in [0.717, 1.165) is 11.0 Å². The van der Waals surface area contributed by atoms with Crippen molar-refractivity contribution in [3.8, 4) is 5.75 Å². The molecule has 4 nitrogen and oxygen atoms in total. The van der Waals surface area contributed by atoms with Crippen LogP contribution in [0.2, 0.25) is 5.02 Å².